The fourth-order valence-electron chi connectivity index (χ4n) is 4.00. The quantitative estimate of drug-likeness (QED) is 0.771. The van der Waals surface area contributed by atoms with Crippen molar-refractivity contribution in [2.24, 2.45) is 0 Å². The number of nitrogens with zero attached hydrogens (tertiary/aromatic N) is 3. The summed E-state index contributed by atoms with van der Waals surface area (Å²) < 4.78 is 0. The summed E-state index contributed by atoms with van der Waals surface area (Å²) in [6.45, 7) is 8.20. The molecule has 0 N–H and O–H groups in total. The van der Waals surface area contributed by atoms with E-state index in [9.17, 15) is 4.79 Å². The van der Waals surface area contributed by atoms with Crippen molar-refractivity contribution < 1.29 is 4.79 Å². The molecule has 0 aromatic heterocycles. The van der Waals surface area contributed by atoms with Crippen LogP contribution in [0.2, 0.25) is 0 Å². The Morgan fingerprint density at radius 3 is 2.46 bits per heavy atom. The van der Waals surface area contributed by atoms with E-state index in [1.165, 1.54) is 16.1 Å². The molecule has 1 amide bonds. The van der Waals surface area contributed by atoms with E-state index >= 15 is 0 Å². The predicted molar refractivity (Wildman–Crippen MR) is 117 cm³/mol. The van der Waals surface area contributed by atoms with Crippen molar-refractivity contribution in [3.8, 4) is 0 Å². The van der Waals surface area contributed by atoms with Gasteiger partial charge in [-0.3, -0.25) is 9.69 Å². The first-order chi connectivity index (χ1) is 13.7. The van der Waals surface area contributed by atoms with Gasteiger partial charge in [-0.2, -0.15) is 0 Å². The number of hydrogen-bond acceptors (Lipinski definition) is 4. The minimum Gasteiger partial charge on any atom is -0.360 e. The highest BCUT2D eigenvalue weighted by molar-refractivity contribution is 8.00. The molecular weight excluding hydrogens is 366 g/mol. The summed E-state index contributed by atoms with van der Waals surface area (Å²) in [5, 5.41) is 0.561. The Labute approximate surface area is 172 Å². The molecule has 2 aliphatic rings. The van der Waals surface area contributed by atoms with E-state index < -0.39 is 0 Å². The number of hydrogen-bond donors (Lipinski definition) is 0. The normalized spacial score (nSPS) is 20.1. The smallest absolute Gasteiger partial charge is 0.242 e. The monoisotopic (exact) mass is 395 g/mol. The third-order valence-corrected chi connectivity index (χ3v) is 7.09. The average molecular weight is 396 g/mol. The number of carbonyl (C=O) groups excluding carboxylic acids is 1. The SMILES string of the molecule is CC[C@@H]1CN(CC(=O)N2CCN(Cc3ccccc3)CC2)c2ccccc2S1. The zero-order valence-corrected chi connectivity index (χ0v) is 17.4. The summed E-state index contributed by atoms with van der Waals surface area (Å²) in [5.74, 6) is 0.260. The van der Waals surface area contributed by atoms with Crippen LogP contribution in [0.3, 0.4) is 0 Å². The number of carbonyl (C=O) groups is 1. The number of benzene rings is 2. The van der Waals surface area contributed by atoms with Crippen molar-refractivity contribution in [1.82, 2.24) is 9.80 Å². The summed E-state index contributed by atoms with van der Waals surface area (Å²) in [5.41, 5.74) is 2.56. The zero-order valence-electron chi connectivity index (χ0n) is 16.6. The molecule has 1 fully saturated rings. The van der Waals surface area contributed by atoms with Crippen molar-refractivity contribution in [3.05, 3.63) is 60.2 Å². The maximum atomic E-state index is 13.0. The molecule has 1 saturated heterocycles. The van der Waals surface area contributed by atoms with Crippen LogP contribution in [-0.4, -0.2) is 60.2 Å². The third-order valence-electron chi connectivity index (χ3n) is 5.68. The lowest BCUT2D eigenvalue weighted by molar-refractivity contribution is -0.131. The summed E-state index contributed by atoms with van der Waals surface area (Å²) in [6.07, 6.45) is 1.13. The van der Waals surface area contributed by atoms with Gasteiger partial charge in [0.1, 0.15) is 0 Å². The number of piperazine rings is 1. The third kappa shape index (κ3) is 4.53. The molecule has 148 valence electrons. The van der Waals surface area contributed by atoms with Crippen molar-refractivity contribution in [2.45, 2.75) is 30.0 Å². The van der Waals surface area contributed by atoms with Gasteiger partial charge < -0.3 is 9.80 Å². The van der Waals surface area contributed by atoms with Gasteiger partial charge in [0, 0.05) is 49.4 Å². The van der Waals surface area contributed by atoms with Crippen LogP contribution >= 0.6 is 11.8 Å². The minimum atomic E-state index is 0.260. The second-order valence-electron chi connectivity index (χ2n) is 7.64. The maximum absolute atomic E-state index is 13.0. The Morgan fingerprint density at radius 2 is 1.71 bits per heavy atom. The molecule has 0 saturated carbocycles. The average Bonchev–Trinajstić information content (AvgIpc) is 2.75. The highest BCUT2D eigenvalue weighted by atomic mass is 32.2. The van der Waals surface area contributed by atoms with Gasteiger partial charge in [0.15, 0.2) is 0 Å². The highest BCUT2D eigenvalue weighted by Gasteiger charge is 2.28. The van der Waals surface area contributed by atoms with Crippen LogP contribution in [0.1, 0.15) is 18.9 Å². The number of anilines is 1. The zero-order chi connectivity index (χ0) is 19.3. The van der Waals surface area contributed by atoms with Crippen molar-refractivity contribution >= 4 is 23.4 Å². The Balaban J connectivity index is 1.33. The van der Waals surface area contributed by atoms with Crippen LogP contribution in [0.15, 0.2) is 59.5 Å². The highest BCUT2D eigenvalue weighted by Crippen LogP contribution is 2.39. The largest absolute Gasteiger partial charge is 0.360 e. The second kappa shape index (κ2) is 9.01. The first kappa shape index (κ1) is 19.3. The van der Waals surface area contributed by atoms with Crippen LogP contribution < -0.4 is 4.90 Å². The van der Waals surface area contributed by atoms with Crippen LogP contribution in [0.5, 0.6) is 0 Å². The molecule has 2 aromatic carbocycles. The second-order valence-corrected chi connectivity index (χ2v) is 8.98. The summed E-state index contributed by atoms with van der Waals surface area (Å²) in [4.78, 5) is 21.1. The lowest BCUT2D eigenvalue weighted by Gasteiger charge is -2.38. The molecule has 2 heterocycles. The first-order valence-corrected chi connectivity index (χ1v) is 11.2. The Morgan fingerprint density at radius 1 is 1.00 bits per heavy atom. The van der Waals surface area contributed by atoms with Crippen molar-refractivity contribution in [1.29, 1.82) is 0 Å². The summed E-state index contributed by atoms with van der Waals surface area (Å²) in [6, 6.07) is 19.1. The van der Waals surface area contributed by atoms with E-state index in [1.54, 1.807) is 0 Å². The molecule has 5 heteroatoms. The molecule has 4 nitrogen and oxygen atoms in total. The summed E-state index contributed by atoms with van der Waals surface area (Å²) >= 11 is 1.95. The Bertz CT molecular complexity index is 789. The fraction of sp³-hybridized carbons (Fsp3) is 0.435. The molecule has 0 spiro atoms. The molecule has 0 bridgehead atoms. The predicted octanol–water partition coefficient (Wildman–Crippen LogP) is 3.72. The molecule has 2 aromatic rings. The maximum Gasteiger partial charge on any atom is 0.242 e. The number of rotatable bonds is 5. The van der Waals surface area contributed by atoms with Crippen LogP contribution in [0.25, 0.3) is 0 Å². The van der Waals surface area contributed by atoms with Gasteiger partial charge >= 0.3 is 0 Å². The molecule has 2 aliphatic heterocycles. The lowest BCUT2D eigenvalue weighted by Crippen LogP contribution is -2.51. The van der Waals surface area contributed by atoms with Crippen LogP contribution in [0, 0.1) is 0 Å². The Hall–Kier alpha value is -1.98. The number of thioether (sulfide) groups is 1. The van der Waals surface area contributed by atoms with Gasteiger partial charge in [-0.25, -0.2) is 0 Å². The summed E-state index contributed by atoms with van der Waals surface area (Å²) in [7, 11) is 0. The standard InChI is InChI=1S/C23H29N3OS/c1-2-20-17-26(21-10-6-7-11-22(21)28-20)18-23(27)25-14-12-24(13-15-25)16-19-8-4-3-5-9-19/h3-11,20H,2,12-18H2,1H3/t20-/m1/s1. The van der Waals surface area contributed by atoms with Gasteiger partial charge in [-0.1, -0.05) is 49.4 Å². The van der Waals surface area contributed by atoms with Gasteiger partial charge in [-0.05, 0) is 24.1 Å². The molecular formula is C23H29N3OS. The van der Waals surface area contributed by atoms with E-state index in [0.717, 1.165) is 45.7 Å². The topological polar surface area (TPSA) is 26.8 Å². The molecule has 4 rings (SSSR count). The van der Waals surface area contributed by atoms with Crippen LogP contribution in [0.4, 0.5) is 5.69 Å². The van der Waals surface area contributed by atoms with Gasteiger partial charge in [0.05, 0.1) is 12.2 Å². The van der Waals surface area contributed by atoms with Gasteiger partial charge in [0.25, 0.3) is 0 Å². The lowest BCUT2D eigenvalue weighted by atomic mass is 10.2. The number of fused-ring (bicyclic) bond motifs is 1. The van der Waals surface area contributed by atoms with Crippen LogP contribution in [-0.2, 0) is 11.3 Å². The number of amides is 1. The molecule has 1 atom stereocenters. The van der Waals surface area contributed by atoms with E-state index in [1.807, 2.05) is 16.7 Å². The van der Waals surface area contributed by atoms with Crippen molar-refractivity contribution in [3.63, 3.8) is 0 Å². The number of para-hydroxylation sites is 1. The molecule has 0 unspecified atom stereocenters. The van der Waals surface area contributed by atoms with Crippen molar-refractivity contribution in [2.75, 3.05) is 44.2 Å². The Kier molecular flexibility index (Phi) is 6.23. The van der Waals surface area contributed by atoms with E-state index in [0.29, 0.717) is 11.8 Å². The fourth-order valence-corrected chi connectivity index (χ4v) is 5.26. The van der Waals surface area contributed by atoms with E-state index in [4.69, 9.17) is 0 Å². The van der Waals surface area contributed by atoms with E-state index in [-0.39, 0.29) is 5.91 Å². The molecule has 28 heavy (non-hydrogen) atoms. The molecule has 0 radical (unpaired) electrons. The van der Waals surface area contributed by atoms with E-state index in [2.05, 4.69) is 71.3 Å². The minimum absolute atomic E-state index is 0.260. The van der Waals surface area contributed by atoms with Gasteiger partial charge in [-0.15, -0.1) is 11.8 Å². The van der Waals surface area contributed by atoms with Gasteiger partial charge in [0.2, 0.25) is 5.91 Å². The first-order valence-electron chi connectivity index (χ1n) is 10.3. The molecule has 0 aliphatic carbocycles.